The zero-order chi connectivity index (χ0) is 12.3. The summed E-state index contributed by atoms with van der Waals surface area (Å²) in [4.78, 5) is 13.2. The number of carboxylic acid groups (broad SMARTS) is 1. The van der Waals surface area contributed by atoms with E-state index in [9.17, 15) is 9.90 Å². The highest BCUT2D eigenvalue weighted by molar-refractivity contribution is 5.74. The van der Waals surface area contributed by atoms with Crippen molar-refractivity contribution in [3.8, 4) is 0 Å². The Morgan fingerprint density at radius 3 is 2.76 bits per heavy atom. The van der Waals surface area contributed by atoms with Gasteiger partial charge in [-0.25, -0.2) is 4.79 Å². The van der Waals surface area contributed by atoms with Crippen molar-refractivity contribution in [3.05, 3.63) is 47.7 Å². The SMILES string of the molecule is CC=C1CCC(C(=O)O)N1Cc1ccccc1. The fourth-order valence-corrected chi connectivity index (χ4v) is 2.34. The van der Waals surface area contributed by atoms with Crippen LogP contribution in [0.25, 0.3) is 0 Å². The molecule has 3 nitrogen and oxygen atoms in total. The van der Waals surface area contributed by atoms with Gasteiger partial charge in [0.2, 0.25) is 0 Å². The molecule has 0 amide bonds. The van der Waals surface area contributed by atoms with E-state index in [4.69, 9.17) is 0 Å². The summed E-state index contributed by atoms with van der Waals surface area (Å²) in [5, 5.41) is 9.21. The molecule has 17 heavy (non-hydrogen) atoms. The fraction of sp³-hybridized carbons (Fsp3) is 0.357. The topological polar surface area (TPSA) is 40.5 Å². The van der Waals surface area contributed by atoms with Crippen molar-refractivity contribution in [1.29, 1.82) is 0 Å². The highest BCUT2D eigenvalue weighted by atomic mass is 16.4. The highest BCUT2D eigenvalue weighted by Gasteiger charge is 2.32. The molecule has 1 aliphatic heterocycles. The maximum absolute atomic E-state index is 11.2. The normalized spacial score (nSPS) is 22.1. The molecule has 0 aliphatic carbocycles. The van der Waals surface area contributed by atoms with E-state index in [0.29, 0.717) is 13.0 Å². The first-order valence-electron chi connectivity index (χ1n) is 5.91. The van der Waals surface area contributed by atoms with Gasteiger partial charge in [-0.3, -0.25) is 0 Å². The largest absolute Gasteiger partial charge is 0.480 e. The zero-order valence-corrected chi connectivity index (χ0v) is 9.97. The molecule has 1 unspecified atom stereocenters. The van der Waals surface area contributed by atoms with Crippen molar-refractivity contribution < 1.29 is 9.90 Å². The van der Waals surface area contributed by atoms with Crippen LogP contribution in [-0.4, -0.2) is 22.0 Å². The van der Waals surface area contributed by atoms with Crippen molar-refractivity contribution in [2.45, 2.75) is 32.4 Å². The Labute approximate surface area is 101 Å². The van der Waals surface area contributed by atoms with Gasteiger partial charge in [-0.15, -0.1) is 0 Å². The van der Waals surface area contributed by atoms with Crippen molar-refractivity contribution in [3.63, 3.8) is 0 Å². The van der Waals surface area contributed by atoms with Gasteiger partial charge in [0.15, 0.2) is 0 Å². The van der Waals surface area contributed by atoms with Crippen molar-refractivity contribution in [2.75, 3.05) is 0 Å². The van der Waals surface area contributed by atoms with Crippen LogP contribution in [-0.2, 0) is 11.3 Å². The Morgan fingerprint density at radius 2 is 2.18 bits per heavy atom. The van der Waals surface area contributed by atoms with E-state index in [2.05, 4.69) is 0 Å². The van der Waals surface area contributed by atoms with E-state index in [0.717, 1.165) is 17.7 Å². The number of hydrogen-bond acceptors (Lipinski definition) is 2. The van der Waals surface area contributed by atoms with Gasteiger partial charge >= 0.3 is 5.97 Å². The summed E-state index contributed by atoms with van der Waals surface area (Å²) < 4.78 is 0. The average Bonchev–Trinajstić information content (AvgIpc) is 2.73. The van der Waals surface area contributed by atoms with E-state index >= 15 is 0 Å². The van der Waals surface area contributed by atoms with Crippen LogP contribution in [0.5, 0.6) is 0 Å². The van der Waals surface area contributed by atoms with Crippen molar-refractivity contribution in [1.82, 2.24) is 4.90 Å². The molecule has 90 valence electrons. The number of carbonyl (C=O) groups is 1. The number of benzene rings is 1. The number of rotatable bonds is 3. The third kappa shape index (κ3) is 2.49. The minimum atomic E-state index is -0.724. The Morgan fingerprint density at radius 1 is 1.47 bits per heavy atom. The van der Waals surface area contributed by atoms with E-state index < -0.39 is 5.97 Å². The van der Waals surface area contributed by atoms with Crippen LogP contribution in [0.2, 0.25) is 0 Å². The molecule has 1 heterocycles. The molecule has 0 bridgehead atoms. The second-order valence-electron chi connectivity index (χ2n) is 4.29. The lowest BCUT2D eigenvalue weighted by Gasteiger charge is -2.25. The molecule has 3 heteroatoms. The first-order chi connectivity index (χ1) is 8.22. The summed E-state index contributed by atoms with van der Waals surface area (Å²) in [5.41, 5.74) is 2.29. The first-order valence-corrected chi connectivity index (χ1v) is 5.91. The van der Waals surface area contributed by atoms with Crippen LogP contribution in [0, 0.1) is 0 Å². The van der Waals surface area contributed by atoms with Gasteiger partial charge in [-0.2, -0.15) is 0 Å². The maximum Gasteiger partial charge on any atom is 0.326 e. The molecular formula is C14H17NO2. The third-order valence-electron chi connectivity index (χ3n) is 3.23. The van der Waals surface area contributed by atoms with Crippen LogP contribution in [0.4, 0.5) is 0 Å². The molecule has 1 saturated heterocycles. The van der Waals surface area contributed by atoms with E-state index in [1.807, 2.05) is 48.2 Å². The molecule has 1 fully saturated rings. The van der Waals surface area contributed by atoms with Gasteiger partial charge in [0.1, 0.15) is 6.04 Å². The highest BCUT2D eigenvalue weighted by Crippen LogP contribution is 2.29. The Kier molecular flexibility index (Phi) is 3.47. The Balaban J connectivity index is 2.18. The number of carboxylic acids is 1. The second kappa shape index (κ2) is 5.04. The number of likely N-dealkylation sites (tertiary alicyclic amines) is 1. The van der Waals surface area contributed by atoms with Gasteiger partial charge in [0.05, 0.1) is 0 Å². The molecule has 1 aromatic carbocycles. The summed E-state index contributed by atoms with van der Waals surface area (Å²) in [7, 11) is 0. The molecule has 0 aromatic heterocycles. The maximum atomic E-state index is 11.2. The second-order valence-corrected chi connectivity index (χ2v) is 4.29. The van der Waals surface area contributed by atoms with Crippen LogP contribution in [0.15, 0.2) is 42.1 Å². The predicted molar refractivity (Wildman–Crippen MR) is 66.4 cm³/mol. The summed E-state index contributed by atoms with van der Waals surface area (Å²) in [6.07, 6.45) is 3.59. The van der Waals surface area contributed by atoms with E-state index in [1.54, 1.807) is 0 Å². The quantitative estimate of drug-likeness (QED) is 0.869. The zero-order valence-electron chi connectivity index (χ0n) is 9.97. The minimum Gasteiger partial charge on any atom is -0.480 e. The molecule has 1 N–H and O–H groups in total. The standard InChI is InChI=1S/C14H17NO2/c1-2-12-8-9-13(14(16)17)15(12)10-11-6-4-3-5-7-11/h2-7,13H,8-10H2,1H3,(H,16,17). The number of aliphatic carboxylic acids is 1. The number of nitrogens with zero attached hydrogens (tertiary/aromatic N) is 1. The molecule has 0 spiro atoms. The smallest absolute Gasteiger partial charge is 0.326 e. The van der Waals surface area contributed by atoms with Crippen LogP contribution in [0.3, 0.4) is 0 Å². The Hall–Kier alpha value is -1.77. The van der Waals surface area contributed by atoms with E-state index in [-0.39, 0.29) is 6.04 Å². The van der Waals surface area contributed by atoms with E-state index in [1.165, 1.54) is 0 Å². The van der Waals surface area contributed by atoms with Gasteiger partial charge in [-0.05, 0) is 25.3 Å². The van der Waals surface area contributed by atoms with Gasteiger partial charge in [0, 0.05) is 12.2 Å². The summed E-state index contributed by atoms with van der Waals surface area (Å²) in [6, 6.07) is 9.63. The fourth-order valence-electron chi connectivity index (χ4n) is 2.34. The molecule has 2 rings (SSSR count). The molecule has 0 radical (unpaired) electrons. The monoisotopic (exact) mass is 231 g/mol. The molecule has 0 saturated carbocycles. The van der Waals surface area contributed by atoms with Gasteiger partial charge < -0.3 is 10.0 Å². The Bertz CT molecular complexity index is 425. The van der Waals surface area contributed by atoms with Crippen molar-refractivity contribution >= 4 is 5.97 Å². The lowest BCUT2D eigenvalue weighted by atomic mass is 10.2. The minimum absolute atomic E-state index is 0.374. The summed E-state index contributed by atoms with van der Waals surface area (Å²) in [5.74, 6) is -0.724. The molecule has 1 aliphatic rings. The third-order valence-corrected chi connectivity index (χ3v) is 3.23. The lowest BCUT2D eigenvalue weighted by molar-refractivity contribution is -0.141. The molecule has 1 aromatic rings. The lowest BCUT2D eigenvalue weighted by Crippen LogP contribution is -2.34. The van der Waals surface area contributed by atoms with Gasteiger partial charge in [0.25, 0.3) is 0 Å². The predicted octanol–water partition coefficient (Wildman–Crippen LogP) is 2.64. The summed E-state index contributed by atoms with van der Waals surface area (Å²) in [6.45, 7) is 2.65. The average molecular weight is 231 g/mol. The van der Waals surface area contributed by atoms with Gasteiger partial charge in [-0.1, -0.05) is 36.4 Å². The summed E-state index contributed by atoms with van der Waals surface area (Å²) >= 11 is 0. The first kappa shape index (κ1) is 11.7. The van der Waals surface area contributed by atoms with Crippen LogP contribution >= 0.6 is 0 Å². The van der Waals surface area contributed by atoms with Crippen LogP contribution in [0.1, 0.15) is 25.3 Å². The number of hydrogen-bond donors (Lipinski definition) is 1. The van der Waals surface area contributed by atoms with Crippen molar-refractivity contribution in [2.24, 2.45) is 0 Å². The molecular weight excluding hydrogens is 214 g/mol. The van der Waals surface area contributed by atoms with Crippen LogP contribution < -0.4 is 0 Å². The molecule has 1 atom stereocenters. The number of allylic oxidation sites excluding steroid dienone is 2.